The number of hydrogen-bond acceptors (Lipinski definition) is 4. The Morgan fingerprint density at radius 2 is 2.40 bits per heavy atom. The molecule has 0 aliphatic heterocycles. The molecule has 0 radical (unpaired) electrons. The van der Waals surface area contributed by atoms with Crippen molar-refractivity contribution in [2.24, 2.45) is 0 Å². The van der Waals surface area contributed by atoms with Gasteiger partial charge in [-0.05, 0) is 7.05 Å². The van der Waals surface area contributed by atoms with Gasteiger partial charge in [0.15, 0.2) is 5.82 Å². The zero-order valence-electron chi connectivity index (χ0n) is 5.91. The average molecular weight is 138 g/mol. The second kappa shape index (κ2) is 3.90. The first kappa shape index (κ1) is 7.08. The zero-order valence-corrected chi connectivity index (χ0v) is 5.91. The maximum atomic E-state index is 4.00. The minimum Gasteiger partial charge on any atom is -0.319 e. The van der Waals surface area contributed by atoms with Crippen LogP contribution in [-0.2, 0) is 6.42 Å². The Hall–Kier alpha value is -1.03. The predicted molar refractivity (Wildman–Crippen MR) is 37.5 cm³/mol. The van der Waals surface area contributed by atoms with E-state index in [-0.39, 0.29) is 0 Å². The van der Waals surface area contributed by atoms with Crippen molar-refractivity contribution in [1.29, 1.82) is 0 Å². The molecule has 4 heteroatoms. The molecule has 0 fully saturated rings. The van der Waals surface area contributed by atoms with Gasteiger partial charge in [-0.25, -0.2) is 4.98 Å². The van der Waals surface area contributed by atoms with E-state index in [1.165, 1.54) is 0 Å². The Kier molecular flexibility index (Phi) is 2.76. The third-order valence-electron chi connectivity index (χ3n) is 1.13. The van der Waals surface area contributed by atoms with Crippen molar-refractivity contribution < 1.29 is 0 Å². The lowest BCUT2D eigenvalue weighted by molar-refractivity contribution is 0.734. The van der Waals surface area contributed by atoms with E-state index in [9.17, 15) is 0 Å². The maximum Gasteiger partial charge on any atom is 0.152 e. The van der Waals surface area contributed by atoms with E-state index in [4.69, 9.17) is 0 Å². The molecule has 1 rings (SSSR count). The van der Waals surface area contributed by atoms with Crippen LogP contribution in [0.2, 0.25) is 0 Å². The van der Waals surface area contributed by atoms with Gasteiger partial charge in [-0.15, -0.1) is 5.10 Å². The largest absolute Gasteiger partial charge is 0.319 e. The van der Waals surface area contributed by atoms with Crippen LogP contribution < -0.4 is 5.32 Å². The van der Waals surface area contributed by atoms with Crippen molar-refractivity contribution in [2.75, 3.05) is 13.6 Å². The van der Waals surface area contributed by atoms with Crippen LogP contribution in [0, 0.1) is 0 Å². The highest BCUT2D eigenvalue weighted by Crippen LogP contribution is 1.83. The highest BCUT2D eigenvalue weighted by atomic mass is 15.1. The highest BCUT2D eigenvalue weighted by molar-refractivity contribution is 4.81. The van der Waals surface area contributed by atoms with Crippen LogP contribution in [0.15, 0.2) is 12.4 Å². The summed E-state index contributed by atoms with van der Waals surface area (Å²) in [6, 6.07) is 0. The fourth-order valence-electron chi connectivity index (χ4n) is 0.626. The molecule has 0 saturated heterocycles. The molecule has 0 aromatic carbocycles. The Bertz CT molecular complexity index is 174. The van der Waals surface area contributed by atoms with E-state index < -0.39 is 0 Å². The second-order valence-electron chi connectivity index (χ2n) is 1.91. The summed E-state index contributed by atoms with van der Waals surface area (Å²) in [5, 5.41) is 10.5. The van der Waals surface area contributed by atoms with Gasteiger partial charge in [-0.2, -0.15) is 5.10 Å². The van der Waals surface area contributed by atoms with Crippen LogP contribution in [0.5, 0.6) is 0 Å². The van der Waals surface area contributed by atoms with Crippen molar-refractivity contribution in [3.8, 4) is 0 Å². The minimum absolute atomic E-state index is 0.789. The molecule has 0 saturated carbocycles. The smallest absolute Gasteiger partial charge is 0.152 e. The maximum absolute atomic E-state index is 4.00. The molecule has 1 aromatic heterocycles. The van der Waals surface area contributed by atoms with Crippen LogP contribution in [-0.4, -0.2) is 28.8 Å². The lowest BCUT2D eigenvalue weighted by Gasteiger charge is -1.94. The number of aromatic nitrogens is 3. The summed E-state index contributed by atoms with van der Waals surface area (Å²) in [7, 11) is 1.90. The van der Waals surface area contributed by atoms with Crippen molar-refractivity contribution in [1.82, 2.24) is 20.5 Å². The fraction of sp³-hybridized carbons (Fsp3) is 0.500. The first-order valence-electron chi connectivity index (χ1n) is 3.20. The molecular formula is C6H10N4. The zero-order chi connectivity index (χ0) is 7.23. The summed E-state index contributed by atoms with van der Waals surface area (Å²) in [6.07, 6.45) is 4.06. The molecule has 10 heavy (non-hydrogen) atoms. The van der Waals surface area contributed by atoms with Crippen molar-refractivity contribution >= 4 is 0 Å². The van der Waals surface area contributed by atoms with E-state index >= 15 is 0 Å². The van der Waals surface area contributed by atoms with E-state index in [1.54, 1.807) is 12.4 Å². The molecule has 1 aromatic rings. The molecule has 0 spiro atoms. The summed E-state index contributed by atoms with van der Waals surface area (Å²) >= 11 is 0. The van der Waals surface area contributed by atoms with E-state index in [2.05, 4.69) is 20.5 Å². The van der Waals surface area contributed by atoms with Gasteiger partial charge in [0, 0.05) is 19.2 Å². The molecule has 0 atom stereocenters. The highest BCUT2D eigenvalue weighted by Gasteiger charge is 1.91. The Balaban J connectivity index is 2.43. The molecule has 0 bridgehead atoms. The number of likely N-dealkylation sites (N-methyl/N-ethyl adjacent to an activating group) is 1. The number of nitrogens with zero attached hydrogens (tertiary/aromatic N) is 3. The molecule has 4 nitrogen and oxygen atoms in total. The molecule has 0 aliphatic rings. The average Bonchev–Trinajstić information content (AvgIpc) is 2.03. The molecule has 54 valence electrons. The van der Waals surface area contributed by atoms with Crippen LogP contribution in [0.25, 0.3) is 0 Å². The topological polar surface area (TPSA) is 50.7 Å². The molecule has 1 heterocycles. The fourth-order valence-corrected chi connectivity index (χ4v) is 0.626. The molecule has 0 unspecified atom stereocenters. The van der Waals surface area contributed by atoms with Gasteiger partial charge >= 0.3 is 0 Å². The number of rotatable bonds is 3. The first-order valence-corrected chi connectivity index (χ1v) is 3.20. The van der Waals surface area contributed by atoms with Gasteiger partial charge in [0.05, 0.1) is 6.20 Å². The lowest BCUT2D eigenvalue weighted by Crippen LogP contribution is -2.12. The normalized spacial score (nSPS) is 9.70. The van der Waals surface area contributed by atoms with Crippen LogP contribution in [0.1, 0.15) is 5.82 Å². The standard InChI is InChI=1S/C6H10N4/c1-7-3-2-6-8-4-5-9-10-6/h4-5,7H,2-3H2,1H3. The minimum atomic E-state index is 0.789. The van der Waals surface area contributed by atoms with Gasteiger partial charge in [0.2, 0.25) is 0 Å². The summed E-state index contributed by atoms with van der Waals surface area (Å²) in [5.74, 6) is 0.789. The summed E-state index contributed by atoms with van der Waals surface area (Å²) in [4.78, 5) is 4.00. The first-order chi connectivity index (χ1) is 4.93. The Labute approximate surface area is 59.7 Å². The van der Waals surface area contributed by atoms with Crippen molar-refractivity contribution in [3.05, 3.63) is 18.2 Å². The van der Waals surface area contributed by atoms with Gasteiger partial charge in [-0.3, -0.25) is 0 Å². The Morgan fingerprint density at radius 3 is 3.00 bits per heavy atom. The van der Waals surface area contributed by atoms with Gasteiger partial charge in [0.25, 0.3) is 0 Å². The Morgan fingerprint density at radius 1 is 1.50 bits per heavy atom. The third kappa shape index (κ3) is 2.06. The van der Waals surface area contributed by atoms with Crippen LogP contribution in [0.3, 0.4) is 0 Å². The lowest BCUT2D eigenvalue weighted by atomic mass is 10.4. The number of nitrogens with one attached hydrogen (secondary N) is 1. The van der Waals surface area contributed by atoms with E-state index in [0.29, 0.717) is 0 Å². The molecule has 0 aliphatic carbocycles. The predicted octanol–water partition coefficient (Wildman–Crippen LogP) is -0.367. The summed E-state index contributed by atoms with van der Waals surface area (Å²) < 4.78 is 0. The van der Waals surface area contributed by atoms with E-state index in [1.807, 2.05) is 7.05 Å². The van der Waals surface area contributed by atoms with Crippen molar-refractivity contribution in [2.45, 2.75) is 6.42 Å². The van der Waals surface area contributed by atoms with Crippen LogP contribution >= 0.6 is 0 Å². The molecular weight excluding hydrogens is 128 g/mol. The van der Waals surface area contributed by atoms with Crippen LogP contribution in [0.4, 0.5) is 0 Å². The third-order valence-corrected chi connectivity index (χ3v) is 1.13. The molecule has 1 N–H and O–H groups in total. The number of hydrogen-bond donors (Lipinski definition) is 1. The summed E-state index contributed by atoms with van der Waals surface area (Å²) in [6.45, 7) is 0.895. The second-order valence-corrected chi connectivity index (χ2v) is 1.91. The SMILES string of the molecule is CNCCc1nccnn1. The summed E-state index contributed by atoms with van der Waals surface area (Å²) in [5.41, 5.74) is 0. The molecule has 0 amide bonds. The van der Waals surface area contributed by atoms with Gasteiger partial charge < -0.3 is 5.32 Å². The monoisotopic (exact) mass is 138 g/mol. The quantitative estimate of drug-likeness (QED) is 0.619. The van der Waals surface area contributed by atoms with Crippen molar-refractivity contribution in [3.63, 3.8) is 0 Å². The van der Waals surface area contributed by atoms with E-state index in [0.717, 1.165) is 18.8 Å². The van der Waals surface area contributed by atoms with Gasteiger partial charge in [-0.1, -0.05) is 0 Å². The van der Waals surface area contributed by atoms with Gasteiger partial charge in [0.1, 0.15) is 0 Å².